The molecule has 2 aliphatic carbocycles. The minimum absolute atomic E-state index is 0.0801. The van der Waals surface area contributed by atoms with Crippen molar-refractivity contribution in [1.82, 2.24) is 35.4 Å². The number of aryl methyl sites for hydroxylation is 1. The maximum atomic E-state index is 13.9. The minimum Gasteiger partial charge on any atom is -0.384 e. The lowest BCUT2D eigenvalue weighted by molar-refractivity contribution is -0.122. The Bertz CT molecular complexity index is 2160. The third kappa shape index (κ3) is 10.00. The third-order valence-electron chi connectivity index (χ3n) is 12.2. The zero-order valence-electron chi connectivity index (χ0n) is 34.7. The van der Waals surface area contributed by atoms with Gasteiger partial charge in [-0.3, -0.25) is 33.3 Å². The number of carbonyl (C=O) groups excluding carboxylic acids is 6. The standard InChI is InChI=1S/C43H56N10O7/c1-28-23-32(40(59)53-38(28)39(58)51-43(53)18-16-42(14-15-42)17-19-43)50-34-24-33(48-27-49-34)46-22-13-36(57)47-21-7-5-4-6-20-45-31-10-8-9-29(25-54)37(31)41(60)52(3)30(26-55)11-12-35(56)44-2/h8-10,23-27,30,45H,4-7,11-22H2,1-3H3,(H,44,56)(H,47,57)(H,51,58)(H2,46,48,49,50). The second kappa shape index (κ2) is 19.3. The van der Waals surface area contributed by atoms with Crippen LogP contribution < -0.4 is 37.5 Å². The normalized spacial score (nSPS) is 15.9. The molecule has 320 valence electrons. The molecule has 0 bridgehead atoms. The van der Waals surface area contributed by atoms with Gasteiger partial charge in [0, 0.05) is 63.9 Å². The summed E-state index contributed by atoms with van der Waals surface area (Å²) in [5.41, 5.74) is 1.76. The Labute approximate surface area is 349 Å². The highest BCUT2D eigenvalue weighted by Crippen LogP contribution is 2.59. The van der Waals surface area contributed by atoms with E-state index in [1.54, 1.807) is 34.9 Å². The van der Waals surface area contributed by atoms with Gasteiger partial charge in [-0.05, 0) is 87.8 Å². The van der Waals surface area contributed by atoms with Crippen LogP contribution in [0.2, 0.25) is 0 Å². The van der Waals surface area contributed by atoms with Gasteiger partial charge in [0.1, 0.15) is 41.3 Å². The highest BCUT2D eigenvalue weighted by atomic mass is 16.2. The molecule has 17 nitrogen and oxygen atoms in total. The van der Waals surface area contributed by atoms with Crippen LogP contribution in [0.15, 0.2) is 41.5 Å². The number of rotatable bonds is 21. The third-order valence-corrected chi connectivity index (χ3v) is 12.2. The summed E-state index contributed by atoms with van der Waals surface area (Å²) in [5, 5.41) is 18.1. The van der Waals surface area contributed by atoms with Crippen LogP contribution in [0.25, 0.3) is 0 Å². The number of pyridine rings is 1. The van der Waals surface area contributed by atoms with E-state index in [1.165, 1.54) is 38.2 Å². The molecule has 4 amide bonds. The second-order valence-corrected chi connectivity index (χ2v) is 16.2. The number of aldehydes is 2. The fourth-order valence-corrected chi connectivity index (χ4v) is 8.31. The van der Waals surface area contributed by atoms with Gasteiger partial charge in [0.05, 0.1) is 11.6 Å². The van der Waals surface area contributed by atoms with Crippen molar-refractivity contribution in [1.29, 1.82) is 0 Å². The average Bonchev–Trinajstić information content (AvgIpc) is 3.95. The van der Waals surface area contributed by atoms with Crippen LogP contribution in [0.4, 0.5) is 23.0 Å². The van der Waals surface area contributed by atoms with Gasteiger partial charge in [0.25, 0.3) is 17.4 Å². The Morgan fingerprint density at radius 2 is 1.60 bits per heavy atom. The van der Waals surface area contributed by atoms with E-state index in [9.17, 15) is 33.6 Å². The molecule has 6 rings (SSSR count). The van der Waals surface area contributed by atoms with Crippen LogP contribution in [-0.2, 0) is 20.0 Å². The van der Waals surface area contributed by atoms with Gasteiger partial charge in [-0.15, -0.1) is 0 Å². The summed E-state index contributed by atoms with van der Waals surface area (Å²) in [6.07, 6.45) is 12.3. The first-order chi connectivity index (χ1) is 28.9. The summed E-state index contributed by atoms with van der Waals surface area (Å²) in [6.45, 7) is 3.24. The van der Waals surface area contributed by atoms with Gasteiger partial charge in [0.15, 0.2) is 6.29 Å². The Hall–Kier alpha value is -6.13. The van der Waals surface area contributed by atoms with Gasteiger partial charge in [-0.25, -0.2) is 9.97 Å². The Balaban J connectivity index is 0.900. The zero-order valence-corrected chi connectivity index (χ0v) is 34.7. The van der Waals surface area contributed by atoms with Crippen LogP contribution in [-0.4, -0.2) is 95.4 Å². The zero-order chi connectivity index (χ0) is 42.9. The maximum absolute atomic E-state index is 13.9. The van der Waals surface area contributed by atoms with Crippen molar-refractivity contribution in [2.75, 3.05) is 49.7 Å². The molecule has 2 spiro atoms. The molecule has 0 radical (unpaired) electrons. The lowest BCUT2D eigenvalue weighted by atomic mass is 9.79. The number of anilines is 4. The fourth-order valence-electron chi connectivity index (χ4n) is 8.31. The molecule has 1 aromatic carbocycles. The van der Waals surface area contributed by atoms with Gasteiger partial charge < -0.3 is 41.6 Å². The molecule has 60 heavy (non-hydrogen) atoms. The number of fused-ring (bicyclic) bond motifs is 2. The number of hydrogen-bond acceptors (Lipinski definition) is 12. The number of carbonyl (C=O) groups is 6. The first kappa shape index (κ1) is 43.4. The summed E-state index contributed by atoms with van der Waals surface area (Å²) in [5.74, 6) is -0.137. The predicted molar refractivity (Wildman–Crippen MR) is 226 cm³/mol. The molecule has 1 atom stereocenters. The molecule has 3 aliphatic rings. The molecule has 3 aromatic rings. The van der Waals surface area contributed by atoms with Crippen molar-refractivity contribution in [2.24, 2.45) is 5.41 Å². The SMILES string of the molecule is CNC(=O)CCC(C=O)N(C)C(=O)c1c(C=O)cccc1NCCCCCCNC(=O)CCNc1cc(Nc2cc(C)c3n(c2=O)C2(CCC4(CC4)CC2)NC3=O)ncn1. The van der Waals surface area contributed by atoms with E-state index in [-0.39, 0.29) is 53.7 Å². The van der Waals surface area contributed by atoms with Crippen LogP contribution in [0.5, 0.6) is 0 Å². The van der Waals surface area contributed by atoms with E-state index < -0.39 is 17.6 Å². The Morgan fingerprint density at radius 3 is 2.30 bits per heavy atom. The first-order valence-electron chi connectivity index (χ1n) is 20.9. The molecule has 1 unspecified atom stereocenters. The van der Waals surface area contributed by atoms with Crippen molar-refractivity contribution in [3.8, 4) is 0 Å². The molecule has 2 fully saturated rings. The number of benzene rings is 1. The summed E-state index contributed by atoms with van der Waals surface area (Å²) >= 11 is 0. The molecular weight excluding hydrogens is 769 g/mol. The quantitative estimate of drug-likeness (QED) is 0.0662. The van der Waals surface area contributed by atoms with Crippen molar-refractivity contribution in [3.63, 3.8) is 0 Å². The lowest BCUT2D eigenvalue weighted by Crippen LogP contribution is -2.50. The van der Waals surface area contributed by atoms with Crippen molar-refractivity contribution in [3.05, 3.63) is 69.4 Å². The van der Waals surface area contributed by atoms with Crippen molar-refractivity contribution >= 4 is 59.2 Å². The van der Waals surface area contributed by atoms with Crippen LogP contribution in [0.1, 0.15) is 120 Å². The highest BCUT2D eigenvalue weighted by Gasteiger charge is 2.54. The van der Waals surface area contributed by atoms with E-state index in [4.69, 9.17) is 0 Å². The number of nitrogens with one attached hydrogen (secondary N) is 6. The van der Waals surface area contributed by atoms with E-state index >= 15 is 0 Å². The van der Waals surface area contributed by atoms with Crippen LogP contribution >= 0.6 is 0 Å². The van der Waals surface area contributed by atoms with E-state index in [1.807, 2.05) is 6.92 Å². The summed E-state index contributed by atoms with van der Waals surface area (Å²) in [7, 11) is 2.98. The van der Waals surface area contributed by atoms with E-state index in [0.717, 1.165) is 51.4 Å². The highest BCUT2D eigenvalue weighted by molar-refractivity contribution is 6.06. The van der Waals surface area contributed by atoms with Gasteiger partial charge in [-0.2, -0.15) is 0 Å². The smallest absolute Gasteiger partial charge is 0.276 e. The average molecular weight is 825 g/mol. The Morgan fingerprint density at radius 1 is 0.883 bits per heavy atom. The molecule has 1 aliphatic heterocycles. The molecule has 3 heterocycles. The monoisotopic (exact) mass is 824 g/mol. The van der Waals surface area contributed by atoms with Crippen LogP contribution in [0, 0.1) is 12.3 Å². The molecule has 0 saturated heterocycles. The largest absolute Gasteiger partial charge is 0.384 e. The second-order valence-electron chi connectivity index (χ2n) is 16.2. The lowest BCUT2D eigenvalue weighted by Gasteiger charge is -2.39. The van der Waals surface area contributed by atoms with Gasteiger partial charge >= 0.3 is 0 Å². The number of aromatic nitrogens is 3. The number of amides is 4. The van der Waals surface area contributed by atoms with E-state index in [2.05, 4.69) is 41.9 Å². The van der Waals surface area contributed by atoms with Gasteiger partial charge in [0.2, 0.25) is 11.8 Å². The molecule has 17 heteroatoms. The maximum Gasteiger partial charge on any atom is 0.276 e. The fraction of sp³-hybridized carbons (Fsp3) is 0.512. The summed E-state index contributed by atoms with van der Waals surface area (Å²) in [4.78, 5) is 98.0. The minimum atomic E-state index is -0.827. The topological polar surface area (TPSA) is 226 Å². The van der Waals surface area contributed by atoms with Crippen LogP contribution in [0.3, 0.4) is 0 Å². The summed E-state index contributed by atoms with van der Waals surface area (Å²) in [6, 6.07) is 7.48. The molecular formula is C43H56N10O7. The number of hydrogen-bond donors (Lipinski definition) is 6. The number of unbranched alkanes of at least 4 members (excludes halogenated alkanes) is 3. The van der Waals surface area contributed by atoms with Crippen molar-refractivity contribution < 1.29 is 28.8 Å². The van der Waals surface area contributed by atoms with Crippen molar-refractivity contribution in [2.45, 2.75) is 102 Å². The molecule has 2 aromatic heterocycles. The van der Waals surface area contributed by atoms with E-state index in [0.29, 0.717) is 71.9 Å². The first-order valence-corrected chi connectivity index (χ1v) is 20.9. The van der Waals surface area contributed by atoms with Gasteiger partial charge in [-0.1, -0.05) is 25.0 Å². The predicted octanol–water partition coefficient (Wildman–Crippen LogP) is 4.01. The molecule has 6 N–H and O–H groups in total. The number of likely N-dealkylation sites (N-methyl/N-ethyl adjacent to an activating group) is 1. The molecule has 2 saturated carbocycles. The Kier molecular flexibility index (Phi) is 14.0. The number of nitrogens with zero attached hydrogens (tertiary/aromatic N) is 4. The summed E-state index contributed by atoms with van der Waals surface area (Å²) < 4.78 is 1.67.